The number of nitrogens with two attached hydrogens (primary N) is 1. The van der Waals surface area contributed by atoms with E-state index in [-0.39, 0.29) is 23.5 Å². The SMILES string of the molecule is CNC(=O)CC(N)C(=O)NC(C(=O)N[C@@H]1C(=O)N2[C@@H](C(=O)O)C(C)(C)SC12NC=O)c1ccc(OC(C)=O)c(OC(C)=O)c1. The van der Waals surface area contributed by atoms with E-state index in [0.29, 0.717) is 0 Å². The van der Waals surface area contributed by atoms with Crippen LogP contribution in [0.3, 0.4) is 0 Å². The third-order valence-electron chi connectivity index (χ3n) is 6.73. The second-order valence-corrected chi connectivity index (χ2v) is 12.3. The first-order chi connectivity index (χ1) is 20.5. The van der Waals surface area contributed by atoms with Gasteiger partial charge in [0, 0.05) is 25.6 Å². The summed E-state index contributed by atoms with van der Waals surface area (Å²) >= 11 is 0.942. The van der Waals surface area contributed by atoms with Gasteiger partial charge in [-0.15, -0.1) is 11.8 Å². The molecule has 5 atom stereocenters. The maximum atomic E-state index is 13.8. The van der Waals surface area contributed by atoms with Crippen molar-refractivity contribution < 1.29 is 52.9 Å². The van der Waals surface area contributed by atoms with E-state index in [1.807, 2.05) is 0 Å². The van der Waals surface area contributed by atoms with Gasteiger partial charge in [-0.05, 0) is 31.5 Å². The van der Waals surface area contributed by atoms with Crippen LogP contribution in [-0.4, -0.2) is 92.9 Å². The molecule has 238 valence electrons. The molecular formula is C26H32N6O11S. The van der Waals surface area contributed by atoms with Crippen molar-refractivity contribution in [3.8, 4) is 11.5 Å². The molecule has 2 aliphatic rings. The lowest BCUT2D eigenvalue weighted by Crippen LogP contribution is -2.82. The number of carbonyl (C=O) groups excluding carboxylic acids is 7. The summed E-state index contributed by atoms with van der Waals surface area (Å²) in [5.74, 6) is -6.67. The summed E-state index contributed by atoms with van der Waals surface area (Å²) in [6, 6.07) is -2.28. The molecule has 1 aromatic carbocycles. The molecule has 1 aromatic rings. The molecule has 3 unspecified atom stereocenters. The molecule has 0 radical (unpaired) electrons. The molecule has 2 aliphatic heterocycles. The van der Waals surface area contributed by atoms with Gasteiger partial charge in [0.2, 0.25) is 24.1 Å². The molecule has 2 fully saturated rings. The van der Waals surface area contributed by atoms with Gasteiger partial charge in [0.25, 0.3) is 5.91 Å². The maximum absolute atomic E-state index is 13.8. The van der Waals surface area contributed by atoms with Crippen molar-refractivity contribution in [2.24, 2.45) is 5.73 Å². The van der Waals surface area contributed by atoms with Crippen molar-refractivity contribution >= 4 is 59.7 Å². The van der Waals surface area contributed by atoms with Crippen molar-refractivity contribution in [2.75, 3.05) is 7.05 Å². The Morgan fingerprint density at radius 2 is 1.70 bits per heavy atom. The zero-order valence-electron chi connectivity index (χ0n) is 24.3. The molecule has 0 spiro atoms. The van der Waals surface area contributed by atoms with Gasteiger partial charge in [-0.3, -0.25) is 38.5 Å². The number of carboxylic acids is 1. The van der Waals surface area contributed by atoms with Crippen molar-refractivity contribution in [3.63, 3.8) is 0 Å². The fourth-order valence-corrected chi connectivity index (χ4v) is 6.72. The Labute approximate surface area is 254 Å². The van der Waals surface area contributed by atoms with Gasteiger partial charge in [0.15, 0.2) is 22.5 Å². The first-order valence-electron chi connectivity index (χ1n) is 13.0. The Kier molecular flexibility index (Phi) is 9.89. The van der Waals surface area contributed by atoms with Crippen LogP contribution < -0.4 is 36.5 Å². The van der Waals surface area contributed by atoms with Crippen LogP contribution in [0.1, 0.15) is 45.7 Å². The van der Waals surface area contributed by atoms with Gasteiger partial charge in [0.1, 0.15) is 12.1 Å². The largest absolute Gasteiger partial charge is 0.480 e. The van der Waals surface area contributed by atoms with Gasteiger partial charge >= 0.3 is 17.9 Å². The van der Waals surface area contributed by atoms with E-state index in [9.17, 15) is 43.5 Å². The first-order valence-corrected chi connectivity index (χ1v) is 13.9. The topological polar surface area (TPSA) is 253 Å². The van der Waals surface area contributed by atoms with E-state index in [1.54, 1.807) is 13.8 Å². The quantitative estimate of drug-likeness (QED) is 0.0621. The van der Waals surface area contributed by atoms with Gasteiger partial charge in [-0.1, -0.05) is 6.07 Å². The summed E-state index contributed by atoms with van der Waals surface area (Å²) < 4.78 is 9.08. The Morgan fingerprint density at radius 3 is 2.25 bits per heavy atom. The molecule has 5 amide bonds. The van der Waals surface area contributed by atoms with Crippen molar-refractivity contribution in [1.29, 1.82) is 0 Å². The summed E-state index contributed by atoms with van der Waals surface area (Å²) in [5.41, 5.74) is 5.83. The first kappa shape index (κ1) is 33.8. The van der Waals surface area contributed by atoms with E-state index in [1.165, 1.54) is 19.2 Å². The standard InChI is InChI=1S/C26H32N6O11S/c1-11(34)42-15-7-6-13(8-16(15)43-12(2)35)18(30-21(37)14(27)9-17(36)28-5)22(38)31-19-23(39)32-20(24(40)41)25(3,4)44-26(19,32)29-10-33/h6-8,10,14,18-20H,9,27H2,1-5H3,(H,28,36)(H,29,33)(H,30,37)(H,31,38)(H,40,41)/t14?,18?,19-,20+,26?/m1/s1. The predicted molar refractivity (Wildman–Crippen MR) is 150 cm³/mol. The summed E-state index contributed by atoms with van der Waals surface area (Å²) in [6.07, 6.45) is -0.173. The minimum Gasteiger partial charge on any atom is -0.480 e. The van der Waals surface area contributed by atoms with Crippen LogP contribution in [0.4, 0.5) is 0 Å². The number of fused-ring (bicyclic) bond motifs is 1. The van der Waals surface area contributed by atoms with Crippen LogP contribution in [0.5, 0.6) is 11.5 Å². The highest BCUT2D eigenvalue weighted by Gasteiger charge is 2.74. The molecule has 0 bridgehead atoms. The molecule has 3 rings (SSSR count). The second-order valence-electron chi connectivity index (χ2n) is 10.4. The number of amides is 5. The van der Waals surface area contributed by atoms with Crippen LogP contribution in [0.15, 0.2) is 18.2 Å². The number of carbonyl (C=O) groups is 8. The number of benzene rings is 1. The Bertz CT molecular complexity index is 1420. The predicted octanol–water partition coefficient (Wildman–Crippen LogP) is -2.14. The van der Waals surface area contributed by atoms with Crippen LogP contribution in [0.25, 0.3) is 0 Å². The molecule has 2 heterocycles. The number of β-lactam (4-membered cyclic amide) rings is 1. The molecule has 2 saturated heterocycles. The van der Waals surface area contributed by atoms with Gasteiger partial charge < -0.3 is 41.6 Å². The highest BCUT2D eigenvalue weighted by Crippen LogP contribution is 2.57. The lowest BCUT2D eigenvalue weighted by Gasteiger charge is -2.52. The molecule has 0 aliphatic carbocycles. The lowest BCUT2D eigenvalue weighted by atomic mass is 9.92. The van der Waals surface area contributed by atoms with E-state index in [4.69, 9.17) is 15.2 Å². The number of nitrogens with zero attached hydrogens (tertiary/aromatic N) is 1. The molecule has 0 aromatic heterocycles. The maximum Gasteiger partial charge on any atom is 0.327 e. The monoisotopic (exact) mass is 636 g/mol. The van der Waals surface area contributed by atoms with Crippen LogP contribution in [-0.2, 0) is 38.4 Å². The van der Waals surface area contributed by atoms with Crippen molar-refractivity contribution in [2.45, 2.75) is 68.0 Å². The third-order valence-corrected chi connectivity index (χ3v) is 8.34. The number of carboxylic acid groups (broad SMARTS) is 1. The van der Waals surface area contributed by atoms with E-state index in [0.717, 1.165) is 36.6 Å². The second kappa shape index (κ2) is 12.9. The fraction of sp³-hybridized carbons (Fsp3) is 0.462. The molecule has 7 N–H and O–H groups in total. The summed E-state index contributed by atoms with van der Waals surface area (Å²) in [6.45, 7) is 5.31. The number of esters is 2. The molecule has 17 nitrogen and oxygen atoms in total. The Morgan fingerprint density at radius 1 is 1.09 bits per heavy atom. The minimum absolute atomic E-state index is 0.0287. The number of rotatable bonds is 12. The van der Waals surface area contributed by atoms with Crippen LogP contribution >= 0.6 is 11.8 Å². The average Bonchev–Trinajstić information content (AvgIpc) is 3.14. The fourth-order valence-electron chi connectivity index (χ4n) is 4.92. The average molecular weight is 637 g/mol. The third kappa shape index (κ3) is 6.60. The van der Waals surface area contributed by atoms with Gasteiger partial charge in [0.05, 0.1) is 12.5 Å². The highest BCUT2D eigenvalue weighted by atomic mass is 32.2. The summed E-state index contributed by atoms with van der Waals surface area (Å²) in [7, 11) is 1.34. The number of thioether (sulfide) groups is 1. The zero-order chi connectivity index (χ0) is 33.1. The number of hydrogen-bond acceptors (Lipinski definition) is 12. The molecular weight excluding hydrogens is 604 g/mol. The molecule has 0 saturated carbocycles. The number of aliphatic carboxylic acids is 1. The van der Waals surface area contributed by atoms with Crippen LogP contribution in [0.2, 0.25) is 0 Å². The van der Waals surface area contributed by atoms with Gasteiger partial charge in [-0.25, -0.2) is 4.79 Å². The smallest absolute Gasteiger partial charge is 0.327 e. The number of ether oxygens (including phenoxy) is 2. The summed E-state index contributed by atoms with van der Waals surface area (Å²) in [5, 5.41) is 19.5. The minimum atomic E-state index is -1.67. The van der Waals surface area contributed by atoms with E-state index < -0.39 is 81.9 Å². The number of hydrogen-bond donors (Lipinski definition) is 6. The highest BCUT2D eigenvalue weighted by molar-refractivity contribution is 8.02. The molecule has 18 heteroatoms. The Hall–Kier alpha value is -4.71. The van der Waals surface area contributed by atoms with Crippen molar-refractivity contribution in [1.82, 2.24) is 26.2 Å². The Balaban J connectivity index is 2.03. The van der Waals surface area contributed by atoms with Gasteiger partial charge in [-0.2, -0.15) is 0 Å². The normalized spacial score (nSPS) is 22.7. The van der Waals surface area contributed by atoms with E-state index in [2.05, 4.69) is 21.3 Å². The van der Waals surface area contributed by atoms with E-state index >= 15 is 0 Å². The number of nitrogens with one attached hydrogen (secondary N) is 4. The van der Waals surface area contributed by atoms with Crippen LogP contribution in [0, 0.1) is 0 Å². The molecule has 44 heavy (non-hydrogen) atoms. The summed E-state index contributed by atoms with van der Waals surface area (Å²) in [4.78, 5) is 98.0. The lowest BCUT2D eigenvalue weighted by molar-refractivity contribution is -0.171. The zero-order valence-corrected chi connectivity index (χ0v) is 25.1. The van der Waals surface area contributed by atoms with Crippen molar-refractivity contribution in [3.05, 3.63) is 23.8 Å².